The summed E-state index contributed by atoms with van der Waals surface area (Å²) in [4.78, 5) is 2.08. The number of benzene rings is 2. The van der Waals surface area contributed by atoms with E-state index in [1.54, 1.807) is 0 Å². The third-order valence-electron chi connectivity index (χ3n) is 3.25. The van der Waals surface area contributed by atoms with E-state index < -0.39 is 0 Å². The number of aliphatic hydroxyl groups is 1. The molecule has 0 aliphatic rings. The maximum atomic E-state index is 10.1. The van der Waals surface area contributed by atoms with Crippen molar-refractivity contribution in [1.82, 2.24) is 4.90 Å². The summed E-state index contributed by atoms with van der Waals surface area (Å²) in [6.07, 6.45) is 0.379. The zero-order chi connectivity index (χ0) is 13.7. The quantitative estimate of drug-likeness (QED) is 0.907. The normalized spacial score (nSPS) is 12.0. The van der Waals surface area contributed by atoms with Crippen LogP contribution < -0.4 is 0 Å². The van der Waals surface area contributed by atoms with Crippen molar-refractivity contribution in [1.29, 1.82) is 0 Å². The summed E-state index contributed by atoms with van der Waals surface area (Å²) >= 11 is 0. The van der Waals surface area contributed by atoms with E-state index in [0.717, 1.165) is 18.5 Å². The molecule has 2 aromatic rings. The highest BCUT2D eigenvalue weighted by Gasteiger charge is 2.08. The lowest BCUT2D eigenvalue weighted by atomic mass is 10.0. The first kappa shape index (κ1) is 16.7. The van der Waals surface area contributed by atoms with Gasteiger partial charge in [0.25, 0.3) is 0 Å². The number of hydrogen-bond donors (Lipinski definition) is 1. The zero-order valence-corrected chi connectivity index (χ0v) is 12.8. The molecule has 0 saturated carbocycles. The van der Waals surface area contributed by atoms with Gasteiger partial charge in [0.15, 0.2) is 0 Å². The molecule has 108 valence electrons. The largest absolute Gasteiger partial charge is 0.388 e. The molecule has 20 heavy (non-hydrogen) atoms. The van der Waals surface area contributed by atoms with Gasteiger partial charge in [0, 0.05) is 6.54 Å². The average molecular weight is 292 g/mol. The van der Waals surface area contributed by atoms with Gasteiger partial charge >= 0.3 is 0 Å². The first-order valence-corrected chi connectivity index (χ1v) is 6.65. The van der Waals surface area contributed by atoms with E-state index in [1.807, 2.05) is 44.4 Å². The predicted molar refractivity (Wildman–Crippen MR) is 87.3 cm³/mol. The lowest BCUT2D eigenvalue weighted by molar-refractivity contribution is 0.154. The van der Waals surface area contributed by atoms with Crippen LogP contribution in [0, 0.1) is 0 Å². The van der Waals surface area contributed by atoms with Crippen LogP contribution in [0.25, 0.3) is 11.1 Å². The Hall–Kier alpha value is -1.35. The van der Waals surface area contributed by atoms with Crippen LogP contribution in [0.1, 0.15) is 18.1 Å². The maximum Gasteiger partial charge on any atom is 0.0802 e. The van der Waals surface area contributed by atoms with Crippen LogP contribution >= 0.6 is 12.4 Å². The highest BCUT2D eigenvalue weighted by molar-refractivity contribution is 5.85. The molecular formula is C17H22ClNO. The topological polar surface area (TPSA) is 23.5 Å². The van der Waals surface area contributed by atoms with E-state index in [4.69, 9.17) is 0 Å². The molecule has 0 amide bonds. The molecule has 0 heterocycles. The number of nitrogens with zero attached hydrogens (tertiary/aromatic N) is 1. The minimum absolute atomic E-state index is 0. The second-order valence-corrected chi connectivity index (χ2v) is 5.10. The second-order valence-electron chi connectivity index (χ2n) is 5.10. The zero-order valence-electron chi connectivity index (χ0n) is 12.0. The summed E-state index contributed by atoms with van der Waals surface area (Å²) in [6, 6.07) is 18.5. The molecule has 0 spiro atoms. The van der Waals surface area contributed by atoms with Crippen molar-refractivity contribution < 1.29 is 5.11 Å². The molecule has 0 aliphatic carbocycles. The van der Waals surface area contributed by atoms with Gasteiger partial charge in [-0.1, -0.05) is 54.6 Å². The smallest absolute Gasteiger partial charge is 0.0802 e. The Morgan fingerprint density at radius 1 is 0.900 bits per heavy atom. The second kappa shape index (κ2) is 8.05. The van der Waals surface area contributed by atoms with Gasteiger partial charge in [-0.25, -0.2) is 0 Å². The number of rotatable bonds is 5. The van der Waals surface area contributed by atoms with E-state index in [2.05, 4.69) is 29.2 Å². The fourth-order valence-corrected chi connectivity index (χ4v) is 2.08. The van der Waals surface area contributed by atoms with Gasteiger partial charge in [0.05, 0.1) is 6.10 Å². The van der Waals surface area contributed by atoms with Crippen molar-refractivity contribution in [3.8, 4) is 11.1 Å². The fourth-order valence-electron chi connectivity index (χ4n) is 2.08. The Morgan fingerprint density at radius 3 is 2.00 bits per heavy atom. The van der Waals surface area contributed by atoms with E-state index in [-0.39, 0.29) is 18.5 Å². The highest BCUT2D eigenvalue weighted by Crippen LogP contribution is 2.23. The van der Waals surface area contributed by atoms with Crippen molar-refractivity contribution in [3.63, 3.8) is 0 Å². The van der Waals surface area contributed by atoms with E-state index in [0.29, 0.717) is 0 Å². The van der Waals surface area contributed by atoms with Gasteiger partial charge in [-0.15, -0.1) is 12.4 Å². The van der Waals surface area contributed by atoms with Gasteiger partial charge in [-0.05, 0) is 37.2 Å². The lowest BCUT2D eigenvalue weighted by Gasteiger charge is -2.15. The monoisotopic (exact) mass is 291 g/mol. The molecule has 0 radical (unpaired) electrons. The molecule has 1 atom stereocenters. The van der Waals surface area contributed by atoms with Gasteiger partial charge in [-0.3, -0.25) is 0 Å². The average Bonchev–Trinajstić information content (AvgIpc) is 2.46. The van der Waals surface area contributed by atoms with Crippen LogP contribution in [0.2, 0.25) is 0 Å². The molecule has 2 aromatic carbocycles. The molecule has 0 aliphatic heterocycles. The summed E-state index contributed by atoms with van der Waals surface area (Å²) in [6.45, 7) is 0.890. The number of aliphatic hydroxyl groups excluding tert-OH is 1. The van der Waals surface area contributed by atoms with Crippen LogP contribution in [0.5, 0.6) is 0 Å². The van der Waals surface area contributed by atoms with Crippen LogP contribution in [0.3, 0.4) is 0 Å². The summed E-state index contributed by atoms with van der Waals surface area (Å²) in [5.41, 5.74) is 3.38. The molecule has 0 aromatic heterocycles. The van der Waals surface area contributed by atoms with Crippen molar-refractivity contribution in [3.05, 3.63) is 60.2 Å². The Bertz CT molecular complexity index is 496. The van der Waals surface area contributed by atoms with E-state index >= 15 is 0 Å². The third kappa shape index (κ3) is 4.64. The molecule has 2 nitrogen and oxygen atoms in total. The van der Waals surface area contributed by atoms with Crippen molar-refractivity contribution in [2.45, 2.75) is 12.5 Å². The molecule has 0 bridgehead atoms. The summed E-state index contributed by atoms with van der Waals surface area (Å²) in [5, 5.41) is 10.1. The van der Waals surface area contributed by atoms with Gasteiger partial charge in [0.2, 0.25) is 0 Å². The van der Waals surface area contributed by atoms with Crippen molar-refractivity contribution in [2.75, 3.05) is 20.6 Å². The molecule has 0 saturated heterocycles. The van der Waals surface area contributed by atoms with Crippen LogP contribution in [0.15, 0.2) is 54.6 Å². The van der Waals surface area contributed by atoms with E-state index in [9.17, 15) is 5.11 Å². The SMILES string of the molecule is CN(C)CCC(O)c1ccc(-c2ccccc2)cc1.Cl. The van der Waals surface area contributed by atoms with Gasteiger partial charge in [0.1, 0.15) is 0 Å². The molecule has 0 fully saturated rings. The van der Waals surface area contributed by atoms with Gasteiger partial charge in [-0.2, -0.15) is 0 Å². The number of hydrogen-bond acceptors (Lipinski definition) is 2. The first-order valence-electron chi connectivity index (χ1n) is 6.65. The summed E-state index contributed by atoms with van der Waals surface area (Å²) < 4.78 is 0. The standard InChI is InChI=1S/C17H21NO.ClH/c1-18(2)13-12-17(19)16-10-8-15(9-11-16)14-6-4-3-5-7-14;/h3-11,17,19H,12-13H2,1-2H3;1H. The Labute approximate surface area is 127 Å². The van der Waals surface area contributed by atoms with Crippen molar-refractivity contribution >= 4 is 12.4 Å². The summed E-state index contributed by atoms with van der Waals surface area (Å²) in [7, 11) is 4.04. The lowest BCUT2D eigenvalue weighted by Crippen LogP contribution is -2.15. The third-order valence-corrected chi connectivity index (χ3v) is 3.25. The maximum absolute atomic E-state index is 10.1. The summed E-state index contributed by atoms with van der Waals surface area (Å²) in [5.74, 6) is 0. The Kier molecular flexibility index (Phi) is 6.73. The minimum atomic E-state index is -0.382. The fraction of sp³-hybridized carbons (Fsp3) is 0.294. The van der Waals surface area contributed by atoms with E-state index in [1.165, 1.54) is 11.1 Å². The first-order chi connectivity index (χ1) is 9.16. The number of halogens is 1. The Morgan fingerprint density at radius 2 is 1.45 bits per heavy atom. The molecule has 3 heteroatoms. The predicted octanol–water partition coefficient (Wildman–Crippen LogP) is 3.76. The molecule has 2 rings (SSSR count). The van der Waals surface area contributed by atoms with Crippen LogP contribution in [-0.2, 0) is 0 Å². The molecular weight excluding hydrogens is 270 g/mol. The molecule has 1 unspecified atom stereocenters. The van der Waals surface area contributed by atoms with Crippen LogP contribution in [0.4, 0.5) is 0 Å². The van der Waals surface area contributed by atoms with Crippen molar-refractivity contribution in [2.24, 2.45) is 0 Å². The van der Waals surface area contributed by atoms with Crippen LogP contribution in [-0.4, -0.2) is 30.6 Å². The Balaban J connectivity index is 0.00000200. The van der Waals surface area contributed by atoms with Gasteiger partial charge < -0.3 is 10.0 Å². The highest BCUT2D eigenvalue weighted by atomic mass is 35.5. The molecule has 1 N–H and O–H groups in total. The minimum Gasteiger partial charge on any atom is -0.388 e.